The van der Waals surface area contributed by atoms with Gasteiger partial charge in [-0.15, -0.1) is 0 Å². The Morgan fingerprint density at radius 3 is 1.93 bits per heavy atom. The van der Waals surface area contributed by atoms with Crippen LogP contribution in [0.3, 0.4) is 0 Å². The van der Waals surface area contributed by atoms with Gasteiger partial charge in [-0.2, -0.15) is 0 Å². The molecule has 0 aliphatic carbocycles. The Bertz CT molecular complexity index is 522. The summed E-state index contributed by atoms with van der Waals surface area (Å²) in [6.45, 7) is 13.4. The number of carboxylic acid groups (broad SMARTS) is 1. The molecule has 1 N–H and O–H groups in total. The van der Waals surface area contributed by atoms with Crippen molar-refractivity contribution in [1.29, 1.82) is 0 Å². The van der Waals surface area contributed by atoms with E-state index < -0.39 is 5.97 Å². The molecule has 0 bridgehead atoms. The van der Waals surface area contributed by atoms with Crippen LogP contribution in [-0.4, -0.2) is 47.8 Å². The van der Waals surface area contributed by atoms with Gasteiger partial charge < -0.3 is 14.3 Å². The molecule has 0 spiro atoms. The molecule has 0 saturated carbocycles. The number of quaternary nitrogens is 1. The van der Waals surface area contributed by atoms with Crippen molar-refractivity contribution in [2.45, 2.75) is 78.7 Å². The first-order chi connectivity index (χ1) is 13.0. The van der Waals surface area contributed by atoms with Crippen LogP contribution in [0, 0.1) is 0 Å². The van der Waals surface area contributed by atoms with Crippen LogP contribution in [0.2, 0.25) is 0 Å². The van der Waals surface area contributed by atoms with E-state index in [4.69, 9.17) is 4.74 Å². The Morgan fingerprint density at radius 1 is 0.963 bits per heavy atom. The summed E-state index contributed by atoms with van der Waals surface area (Å²) in [5.74, 6) is -0.430. The minimum absolute atomic E-state index is 0.0380. The first kappa shape index (κ1) is 23.5. The number of ether oxygens (including phenoxy) is 1. The Labute approximate surface area is 166 Å². The molecule has 154 valence electrons. The maximum Gasteiger partial charge on any atom is 0.339 e. The van der Waals surface area contributed by atoms with E-state index in [2.05, 4.69) is 27.7 Å². The Morgan fingerprint density at radius 2 is 1.48 bits per heavy atom. The lowest BCUT2D eigenvalue weighted by molar-refractivity contribution is -0.931. The molecule has 0 heterocycles. The van der Waals surface area contributed by atoms with Crippen molar-refractivity contribution in [1.82, 2.24) is 0 Å². The lowest BCUT2D eigenvalue weighted by Crippen LogP contribution is -2.55. The van der Waals surface area contributed by atoms with Crippen molar-refractivity contribution in [3.05, 3.63) is 29.8 Å². The van der Waals surface area contributed by atoms with E-state index in [1.54, 1.807) is 18.2 Å². The van der Waals surface area contributed by atoms with Gasteiger partial charge >= 0.3 is 5.97 Å². The second kappa shape index (κ2) is 12.8. The predicted molar refractivity (Wildman–Crippen MR) is 113 cm³/mol. The predicted octanol–water partition coefficient (Wildman–Crippen LogP) is 5.76. The topological polar surface area (TPSA) is 46.5 Å². The number of aromatic carboxylic acids is 1. The molecule has 0 aromatic heterocycles. The van der Waals surface area contributed by atoms with Crippen molar-refractivity contribution in [2.75, 3.05) is 26.2 Å². The Kier molecular flexibility index (Phi) is 11.1. The number of nitrogens with zero attached hydrogens (tertiary/aromatic N) is 1. The molecule has 0 saturated heterocycles. The van der Waals surface area contributed by atoms with Gasteiger partial charge in [-0.3, -0.25) is 0 Å². The zero-order valence-corrected chi connectivity index (χ0v) is 17.9. The molecule has 0 radical (unpaired) electrons. The molecular formula is C23H40NO3+. The fraction of sp³-hybridized carbons (Fsp3) is 0.696. The van der Waals surface area contributed by atoms with Gasteiger partial charge in [-0.05, 0) is 37.8 Å². The molecule has 1 atom stereocenters. The number of carbonyl (C=O) groups is 1. The minimum atomic E-state index is -0.927. The molecule has 1 unspecified atom stereocenters. The Hall–Kier alpha value is -1.55. The highest BCUT2D eigenvalue weighted by Gasteiger charge is 2.30. The minimum Gasteiger partial charge on any atom is -0.484 e. The smallest absolute Gasteiger partial charge is 0.339 e. The summed E-state index contributed by atoms with van der Waals surface area (Å²) in [4.78, 5) is 11.5. The highest BCUT2D eigenvalue weighted by Crippen LogP contribution is 2.23. The largest absolute Gasteiger partial charge is 0.484 e. The van der Waals surface area contributed by atoms with Crippen molar-refractivity contribution in [3.8, 4) is 5.75 Å². The van der Waals surface area contributed by atoms with Gasteiger partial charge in [-0.1, -0.05) is 59.1 Å². The zero-order chi connectivity index (χ0) is 20.1. The molecule has 0 aliphatic rings. The van der Waals surface area contributed by atoms with Crippen LogP contribution in [0.5, 0.6) is 5.75 Å². The van der Waals surface area contributed by atoms with Crippen LogP contribution in [0.15, 0.2) is 24.3 Å². The van der Waals surface area contributed by atoms with E-state index in [1.165, 1.54) is 58.2 Å². The van der Waals surface area contributed by atoms with E-state index in [1.807, 2.05) is 6.07 Å². The lowest BCUT2D eigenvalue weighted by atomic mass is 10.1. The van der Waals surface area contributed by atoms with E-state index in [9.17, 15) is 9.90 Å². The normalized spacial score (nSPS) is 12.7. The van der Waals surface area contributed by atoms with Crippen molar-refractivity contribution in [3.63, 3.8) is 0 Å². The summed E-state index contributed by atoms with van der Waals surface area (Å²) in [6.07, 6.45) is 8.24. The highest BCUT2D eigenvalue weighted by molar-refractivity contribution is 5.90. The second-order valence-electron chi connectivity index (χ2n) is 7.71. The third-order valence-corrected chi connectivity index (χ3v) is 5.42. The number of para-hydroxylation sites is 1. The van der Waals surface area contributed by atoms with Gasteiger partial charge in [0, 0.05) is 0 Å². The van der Waals surface area contributed by atoms with Gasteiger partial charge in [-0.25, -0.2) is 4.79 Å². The van der Waals surface area contributed by atoms with Crippen LogP contribution in [0.25, 0.3) is 0 Å². The number of benzene rings is 1. The van der Waals surface area contributed by atoms with Crippen LogP contribution in [0.4, 0.5) is 0 Å². The third-order valence-electron chi connectivity index (χ3n) is 5.42. The van der Waals surface area contributed by atoms with Crippen molar-refractivity contribution < 1.29 is 19.1 Å². The van der Waals surface area contributed by atoms with Gasteiger partial charge in [0.05, 0.1) is 19.6 Å². The molecular weight excluding hydrogens is 338 g/mol. The highest BCUT2D eigenvalue weighted by atomic mass is 16.5. The maximum absolute atomic E-state index is 11.5. The monoisotopic (exact) mass is 378 g/mol. The van der Waals surface area contributed by atoms with Gasteiger partial charge in [0.25, 0.3) is 0 Å². The summed E-state index contributed by atoms with van der Waals surface area (Å²) in [6, 6.07) is 7.01. The molecule has 4 nitrogen and oxygen atoms in total. The molecule has 0 aliphatic heterocycles. The second-order valence-corrected chi connectivity index (χ2v) is 7.71. The molecule has 1 aromatic carbocycles. The SMILES string of the molecule is CCCC[N+](CCCC)(CCCC)CC(CC)Oc1ccccc1C(=O)O. The summed E-state index contributed by atoms with van der Waals surface area (Å²) in [5, 5.41) is 9.45. The number of hydrogen-bond donors (Lipinski definition) is 1. The van der Waals surface area contributed by atoms with Gasteiger partial charge in [0.2, 0.25) is 0 Å². The maximum atomic E-state index is 11.5. The molecule has 27 heavy (non-hydrogen) atoms. The first-order valence-electron chi connectivity index (χ1n) is 10.9. The van der Waals surface area contributed by atoms with Crippen LogP contribution >= 0.6 is 0 Å². The number of rotatable bonds is 15. The quantitative estimate of drug-likeness (QED) is 0.395. The zero-order valence-electron chi connectivity index (χ0n) is 17.9. The van der Waals surface area contributed by atoms with Crippen LogP contribution in [-0.2, 0) is 0 Å². The molecule has 0 fully saturated rings. The van der Waals surface area contributed by atoms with E-state index >= 15 is 0 Å². The van der Waals surface area contributed by atoms with Crippen molar-refractivity contribution in [2.24, 2.45) is 0 Å². The van der Waals surface area contributed by atoms with E-state index in [-0.39, 0.29) is 11.7 Å². The summed E-state index contributed by atoms with van der Waals surface area (Å²) >= 11 is 0. The standard InChI is InChI=1S/C23H39NO3/c1-5-9-16-24(17-10-6-2,18-11-7-3)19-20(8-4)27-22-15-13-12-14-21(22)23(25)26/h12-15,20H,5-11,16-19H2,1-4H3/p+1. The van der Waals surface area contributed by atoms with Gasteiger partial charge in [0.15, 0.2) is 0 Å². The average molecular weight is 379 g/mol. The fourth-order valence-electron chi connectivity index (χ4n) is 3.70. The van der Waals surface area contributed by atoms with Crippen LogP contribution < -0.4 is 4.74 Å². The van der Waals surface area contributed by atoms with Crippen molar-refractivity contribution >= 4 is 5.97 Å². The molecule has 1 rings (SSSR count). The number of carboxylic acids is 1. The summed E-state index contributed by atoms with van der Waals surface area (Å²) in [7, 11) is 0. The Balaban J connectivity index is 3.01. The molecule has 1 aromatic rings. The van der Waals surface area contributed by atoms with E-state index in [0.29, 0.717) is 5.75 Å². The number of hydrogen-bond acceptors (Lipinski definition) is 2. The molecule has 0 amide bonds. The van der Waals surface area contributed by atoms with Gasteiger partial charge in [0.1, 0.15) is 24.0 Å². The molecule has 4 heteroatoms. The summed E-state index contributed by atoms with van der Waals surface area (Å²) < 4.78 is 7.36. The summed E-state index contributed by atoms with van der Waals surface area (Å²) in [5.41, 5.74) is 0.254. The van der Waals surface area contributed by atoms with Crippen LogP contribution in [0.1, 0.15) is 83.0 Å². The first-order valence-corrected chi connectivity index (χ1v) is 10.9. The average Bonchev–Trinajstić information content (AvgIpc) is 2.68. The fourth-order valence-corrected chi connectivity index (χ4v) is 3.70. The number of unbranched alkanes of at least 4 members (excludes halogenated alkanes) is 3. The van der Waals surface area contributed by atoms with E-state index in [0.717, 1.165) is 17.4 Å². The third kappa shape index (κ3) is 7.92. The lowest BCUT2D eigenvalue weighted by Gasteiger charge is -2.41.